The Bertz CT molecular complexity index is 168. The summed E-state index contributed by atoms with van der Waals surface area (Å²) in [6.45, 7) is 0.982. The minimum atomic E-state index is 0.0508. The smallest absolute Gasteiger partial charge is 0.225 e. The Morgan fingerprint density at radius 3 is 2.77 bits per heavy atom. The van der Waals surface area contributed by atoms with Crippen molar-refractivity contribution in [3.63, 3.8) is 0 Å². The lowest BCUT2D eigenvalue weighted by atomic mass is 10.3. The second-order valence-corrected chi connectivity index (χ2v) is 3.28. The Balaban J connectivity index is 2.29. The molecule has 76 valence electrons. The van der Waals surface area contributed by atoms with Crippen LogP contribution in [0.2, 0.25) is 0 Å². The minimum Gasteiger partial charge on any atom is -0.395 e. The van der Waals surface area contributed by atoms with Gasteiger partial charge in [-0.25, -0.2) is 0 Å². The number of hydrogen-bond donors (Lipinski definition) is 1. The van der Waals surface area contributed by atoms with E-state index in [1.165, 1.54) is 0 Å². The number of nitrogens with zero attached hydrogens (tertiary/aromatic N) is 1. The highest BCUT2D eigenvalue weighted by molar-refractivity contribution is 5.77. The Morgan fingerprint density at radius 2 is 2.31 bits per heavy atom. The largest absolute Gasteiger partial charge is 0.395 e. The Kier molecular flexibility index (Phi) is 4.18. The lowest BCUT2D eigenvalue weighted by molar-refractivity contribution is -0.133. The highest BCUT2D eigenvalue weighted by Crippen LogP contribution is 2.26. The molecule has 0 heterocycles. The van der Waals surface area contributed by atoms with Crippen molar-refractivity contribution in [2.24, 2.45) is 0 Å². The van der Waals surface area contributed by atoms with Crippen LogP contribution in [0.25, 0.3) is 0 Å². The predicted molar refractivity (Wildman–Crippen MR) is 48.3 cm³/mol. The van der Waals surface area contributed by atoms with Crippen LogP contribution in [0.5, 0.6) is 0 Å². The van der Waals surface area contributed by atoms with Crippen LogP contribution in [0, 0.1) is 0 Å². The first-order valence-corrected chi connectivity index (χ1v) is 4.69. The summed E-state index contributed by atoms with van der Waals surface area (Å²) in [5.74, 6) is 0.0957. The van der Waals surface area contributed by atoms with Crippen molar-refractivity contribution in [1.29, 1.82) is 0 Å². The van der Waals surface area contributed by atoms with Gasteiger partial charge in [0.2, 0.25) is 5.91 Å². The zero-order valence-corrected chi connectivity index (χ0v) is 8.03. The molecule has 0 aromatic carbocycles. The third-order valence-electron chi connectivity index (χ3n) is 2.17. The first kappa shape index (κ1) is 10.5. The van der Waals surface area contributed by atoms with E-state index in [1.54, 1.807) is 12.0 Å². The van der Waals surface area contributed by atoms with Crippen LogP contribution >= 0.6 is 0 Å². The van der Waals surface area contributed by atoms with Crippen LogP contribution in [0.3, 0.4) is 0 Å². The lowest BCUT2D eigenvalue weighted by Crippen LogP contribution is -2.35. The van der Waals surface area contributed by atoms with Crippen molar-refractivity contribution in [2.75, 3.05) is 26.9 Å². The average molecular weight is 187 g/mol. The highest BCUT2D eigenvalue weighted by Gasteiger charge is 2.31. The number of hydrogen-bond acceptors (Lipinski definition) is 3. The molecule has 13 heavy (non-hydrogen) atoms. The summed E-state index contributed by atoms with van der Waals surface area (Å²) < 4.78 is 4.83. The first-order valence-electron chi connectivity index (χ1n) is 4.69. The second-order valence-electron chi connectivity index (χ2n) is 3.28. The van der Waals surface area contributed by atoms with Crippen molar-refractivity contribution in [3.8, 4) is 0 Å². The number of carbonyl (C=O) groups excluding carboxylic acids is 1. The third-order valence-corrected chi connectivity index (χ3v) is 2.17. The molecule has 0 unspecified atom stereocenters. The molecule has 4 heteroatoms. The van der Waals surface area contributed by atoms with Crippen molar-refractivity contribution in [1.82, 2.24) is 4.90 Å². The number of ether oxygens (including phenoxy) is 1. The predicted octanol–water partition coefficient (Wildman–Crippen LogP) is 0.00620. The number of aliphatic hydroxyl groups excluding tert-OH is 1. The number of amides is 1. The van der Waals surface area contributed by atoms with Gasteiger partial charge in [-0.05, 0) is 12.8 Å². The molecular weight excluding hydrogens is 170 g/mol. The van der Waals surface area contributed by atoms with Gasteiger partial charge in [-0.1, -0.05) is 0 Å². The van der Waals surface area contributed by atoms with E-state index in [9.17, 15) is 4.79 Å². The van der Waals surface area contributed by atoms with Crippen LogP contribution in [-0.4, -0.2) is 48.8 Å². The summed E-state index contributed by atoms with van der Waals surface area (Å²) in [5.41, 5.74) is 0. The van der Waals surface area contributed by atoms with Gasteiger partial charge >= 0.3 is 0 Å². The second kappa shape index (κ2) is 5.19. The quantitative estimate of drug-likeness (QED) is 0.637. The Hall–Kier alpha value is -0.610. The molecule has 0 aromatic rings. The number of rotatable bonds is 6. The summed E-state index contributed by atoms with van der Waals surface area (Å²) in [6.07, 6.45) is 2.59. The van der Waals surface area contributed by atoms with E-state index in [4.69, 9.17) is 9.84 Å². The van der Waals surface area contributed by atoms with Gasteiger partial charge in [-0.15, -0.1) is 0 Å². The molecule has 0 aromatic heterocycles. The molecule has 1 saturated carbocycles. The summed E-state index contributed by atoms with van der Waals surface area (Å²) in [7, 11) is 1.58. The van der Waals surface area contributed by atoms with Gasteiger partial charge in [-0.3, -0.25) is 4.79 Å². The van der Waals surface area contributed by atoms with Gasteiger partial charge in [0.1, 0.15) is 0 Å². The van der Waals surface area contributed by atoms with E-state index in [2.05, 4.69) is 0 Å². The molecule has 4 nitrogen and oxygen atoms in total. The number of aliphatic hydroxyl groups is 1. The summed E-state index contributed by atoms with van der Waals surface area (Å²) in [4.78, 5) is 13.3. The number of carbonyl (C=O) groups is 1. The molecule has 0 bridgehead atoms. The van der Waals surface area contributed by atoms with Crippen LogP contribution in [0.1, 0.15) is 19.3 Å². The topological polar surface area (TPSA) is 49.8 Å². The van der Waals surface area contributed by atoms with Gasteiger partial charge in [-0.2, -0.15) is 0 Å². The molecule has 0 aliphatic heterocycles. The normalized spacial score (nSPS) is 15.8. The summed E-state index contributed by atoms with van der Waals surface area (Å²) in [6, 6.07) is 0.386. The van der Waals surface area contributed by atoms with Crippen LogP contribution in [0.4, 0.5) is 0 Å². The molecular formula is C9H17NO3. The van der Waals surface area contributed by atoms with Crippen molar-refractivity contribution in [2.45, 2.75) is 25.3 Å². The van der Waals surface area contributed by atoms with Crippen molar-refractivity contribution < 1.29 is 14.6 Å². The van der Waals surface area contributed by atoms with Crippen molar-refractivity contribution in [3.05, 3.63) is 0 Å². The van der Waals surface area contributed by atoms with Gasteiger partial charge < -0.3 is 14.7 Å². The maximum atomic E-state index is 11.5. The van der Waals surface area contributed by atoms with Gasteiger partial charge in [0.15, 0.2) is 0 Å². The van der Waals surface area contributed by atoms with Crippen LogP contribution < -0.4 is 0 Å². The molecule has 0 atom stereocenters. The van der Waals surface area contributed by atoms with Gasteiger partial charge in [0.05, 0.1) is 19.6 Å². The zero-order valence-electron chi connectivity index (χ0n) is 8.03. The van der Waals surface area contributed by atoms with E-state index in [0.29, 0.717) is 25.6 Å². The fourth-order valence-corrected chi connectivity index (χ4v) is 1.34. The highest BCUT2D eigenvalue weighted by atomic mass is 16.5. The standard InChI is InChI=1S/C9H17NO3/c1-13-7-4-9(12)10(5-6-11)8-2-3-8/h8,11H,2-7H2,1H3. The van der Waals surface area contributed by atoms with Gasteiger partial charge in [0.25, 0.3) is 0 Å². The Morgan fingerprint density at radius 1 is 1.62 bits per heavy atom. The maximum Gasteiger partial charge on any atom is 0.225 e. The molecule has 1 rings (SSSR count). The fourth-order valence-electron chi connectivity index (χ4n) is 1.34. The van der Waals surface area contributed by atoms with E-state index >= 15 is 0 Å². The number of methoxy groups -OCH3 is 1. The fraction of sp³-hybridized carbons (Fsp3) is 0.889. The maximum absolute atomic E-state index is 11.5. The zero-order chi connectivity index (χ0) is 9.68. The minimum absolute atomic E-state index is 0.0508. The van der Waals surface area contributed by atoms with Crippen molar-refractivity contribution >= 4 is 5.91 Å². The van der Waals surface area contributed by atoms with E-state index < -0.39 is 0 Å². The van der Waals surface area contributed by atoms with E-state index in [-0.39, 0.29) is 12.5 Å². The summed E-state index contributed by atoms with van der Waals surface area (Å²) >= 11 is 0. The van der Waals surface area contributed by atoms with E-state index in [1.807, 2.05) is 0 Å². The molecule has 1 amide bonds. The monoisotopic (exact) mass is 187 g/mol. The van der Waals surface area contributed by atoms with Crippen LogP contribution in [0.15, 0.2) is 0 Å². The Labute approximate surface area is 78.5 Å². The molecule has 0 spiro atoms. The van der Waals surface area contributed by atoms with Gasteiger partial charge in [0, 0.05) is 19.7 Å². The van der Waals surface area contributed by atoms with E-state index in [0.717, 1.165) is 12.8 Å². The molecule has 1 aliphatic rings. The molecule has 0 radical (unpaired) electrons. The average Bonchev–Trinajstić information content (AvgIpc) is 2.93. The molecule has 1 aliphatic carbocycles. The molecule has 0 saturated heterocycles. The SMILES string of the molecule is COCCC(=O)N(CCO)C1CC1. The third kappa shape index (κ3) is 3.32. The van der Waals surface area contributed by atoms with Crippen LogP contribution in [-0.2, 0) is 9.53 Å². The molecule has 1 N–H and O–H groups in total. The molecule has 1 fully saturated rings. The lowest BCUT2D eigenvalue weighted by Gasteiger charge is -2.20. The first-order chi connectivity index (χ1) is 6.29. The summed E-state index contributed by atoms with van der Waals surface area (Å²) in [5, 5.41) is 8.76.